The van der Waals surface area contributed by atoms with Crippen molar-refractivity contribution in [3.63, 3.8) is 0 Å². The molecule has 5 rings (SSSR count). The summed E-state index contributed by atoms with van der Waals surface area (Å²) >= 11 is 0. The quantitative estimate of drug-likeness (QED) is 0.473. The third-order valence-electron chi connectivity index (χ3n) is 6.14. The summed E-state index contributed by atoms with van der Waals surface area (Å²) in [6, 6.07) is 13.3. The molecule has 1 aliphatic rings. The lowest BCUT2D eigenvalue weighted by molar-refractivity contribution is 0.499. The van der Waals surface area contributed by atoms with Gasteiger partial charge in [0, 0.05) is 37.1 Å². The van der Waals surface area contributed by atoms with Gasteiger partial charge in [-0.25, -0.2) is 19.0 Å². The van der Waals surface area contributed by atoms with Crippen LogP contribution < -0.4 is 4.90 Å². The molecular weight excluding hydrogens is 405 g/mol. The summed E-state index contributed by atoms with van der Waals surface area (Å²) in [5.74, 6) is 1.01. The highest BCUT2D eigenvalue weighted by molar-refractivity contribution is 5.66. The first-order valence-corrected chi connectivity index (χ1v) is 10.9. The molecule has 0 saturated carbocycles. The predicted molar refractivity (Wildman–Crippen MR) is 120 cm³/mol. The number of piperidine rings is 1. The van der Waals surface area contributed by atoms with Crippen molar-refractivity contribution in [3.8, 4) is 16.8 Å². The van der Waals surface area contributed by atoms with E-state index in [1.54, 1.807) is 6.07 Å². The maximum Gasteiger partial charge on any atom is 0.225 e. The highest BCUT2D eigenvalue weighted by Crippen LogP contribution is 2.32. The van der Waals surface area contributed by atoms with Crippen LogP contribution in [-0.2, 0) is 6.42 Å². The van der Waals surface area contributed by atoms with Crippen LogP contribution in [-0.4, -0.2) is 43.3 Å². The van der Waals surface area contributed by atoms with Crippen LogP contribution >= 0.6 is 0 Å². The summed E-state index contributed by atoms with van der Waals surface area (Å²) in [6.45, 7) is 3.98. The van der Waals surface area contributed by atoms with E-state index in [0.29, 0.717) is 17.2 Å². The molecule has 0 radical (unpaired) electrons. The van der Waals surface area contributed by atoms with Gasteiger partial charge in [0.2, 0.25) is 5.95 Å². The molecule has 8 heteroatoms. The van der Waals surface area contributed by atoms with Gasteiger partial charge in [-0.3, -0.25) is 0 Å². The number of hydrogen-bond acceptors (Lipinski definition) is 6. The molecular formula is C24H24FN7. The Balaban J connectivity index is 1.25. The van der Waals surface area contributed by atoms with Gasteiger partial charge in [-0.1, -0.05) is 31.2 Å². The van der Waals surface area contributed by atoms with Crippen molar-refractivity contribution in [3.05, 3.63) is 78.1 Å². The van der Waals surface area contributed by atoms with E-state index in [1.165, 1.54) is 22.6 Å². The fourth-order valence-corrected chi connectivity index (χ4v) is 4.20. The van der Waals surface area contributed by atoms with Gasteiger partial charge < -0.3 is 4.90 Å². The van der Waals surface area contributed by atoms with Gasteiger partial charge >= 0.3 is 0 Å². The lowest BCUT2D eigenvalue weighted by Crippen LogP contribution is -2.34. The van der Waals surface area contributed by atoms with Crippen molar-refractivity contribution in [1.82, 2.24) is 30.2 Å². The summed E-state index contributed by atoms with van der Waals surface area (Å²) in [7, 11) is 0. The van der Waals surface area contributed by atoms with Crippen molar-refractivity contribution in [2.24, 2.45) is 0 Å². The smallest absolute Gasteiger partial charge is 0.225 e. The lowest BCUT2D eigenvalue weighted by Gasteiger charge is -2.32. The summed E-state index contributed by atoms with van der Waals surface area (Å²) in [4.78, 5) is 11.3. The molecule has 2 aromatic heterocycles. The number of hydrogen-bond donors (Lipinski definition) is 0. The molecule has 7 nitrogen and oxygen atoms in total. The van der Waals surface area contributed by atoms with E-state index in [0.717, 1.165) is 49.4 Å². The maximum absolute atomic E-state index is 14.7. The minimum absolute atomic E-state index is 0.298. The molecule has 0 unspecified atom stereocenters. The molecule has 1 aliphatic heterocycles. The normalized spacial score (nSPS) is 14.6. The Bertz CT molecular complexity index is 1170. The number of nitrogens with zero attached hydrogens (tertiary/aromatic N) is 7. The van der Waals surface area contributed by atoms with Crippen LogP contribution in [0.5, 0.6) is 0 Å². The third kappa shape index (κ3) is 4.08. The van der Waals surface area contributed by atoms with Crippen LogP contribution in [0, 0.1) is 5.82 Å². The van der Waals surface area contributed by atoms with E-state index in [4.69, 9.17) is 0 Å². The minimum atomic E-state index is -0.298. The number of anilines is 1. The van der Waals surface area contributed by atoms with Crippen LogP contribution in [0.4, 0.5) is 10.3 Å². The minimum Gasteiger partial charge on any atom is -0.341 e. The van der Waals surface area contributed by atoms with Gasteiger partial charge in [-0.2, -0.15) is 0 Å². The first kappa shape index (κ1) is 20.2. The Kier molecular flexibility index (Phi) is 5.58. The van der Waals surface area contributed by atoms with E-state index in [1.807, 2.05) is 30.6 Å². The summed E-state index contributed by atoms with van der Waals surface area (Å²) in [5.41, 5.74) is 4.46. The Labute approximate surface area is 185 Å². The van der Waals surface area contributed by atoms with Crippen LogP contribution in [0.25, 0.3) is 16.8 Å². The van der Waals surface area contributed by atoms with E-state index in [9.17, 15) is 4.39 Å². The number of halogens is 1. The number of rotatable bonds is 5. The van der Waals surface area contributed by atoms with Crippen molar-refractivity contribution in [2.75, 3.05) is 18.0 Å². The molecule has 32 heavy (non-hydrogen) atoms. The van der Waals surface area contributed by atoms with Gasteiger partial charge in [-0.15, -0.1) is 5.10 Å². The highest BCUT2D eigenvalue weighted by atomic mass is 19.1. The SMILES string of the molecule is CCc1cnc(N2CCC(c3ccc(-c4ccc(-n5cnnn5)cc4F)cc3)CC2)nc1. The Morgan fingerprint density at radius 2 is 1.75 bits per heavy atom. The van der Waals surface area contributed by atoms with Crippen molar-refractivity contribution < 1.29 is 4.39 Å². The predicted octanol–water partition coefficient (Wildman–Crippen LogP) is 4.20. The first-order chi connectivity index (χ1) is 15.7. The van der Waals surface area contributed by atoms with Crippen LogP contribution in [0.3, 0.4) is 0 Å². The largest absolute Gasteiger partial charge is 0.341 e. The summed E-state index contributed by atoms with van der Waals surface area (Å²) in [5, 5.41) is 11.0. The number of aromatic nitrogens is 6. The summed E-state index contributed by atoms with van der Waals surface area (Å²) in [6.07, 6.45) is 8.33. The lowest BCUT2D eigenvalue weighted by atomic mass is 9.88. The molecule has 0 spiro atoms. The van der Waals surface area contributed by atoms with Crippen molar-refractivity contribution in [2.45, 2.75) is 32.1 Å². The molecule has 3 heterocycles. The standard InChI is InChI=1S/C24H24FN7/c1-2-17-14-26-24(27-15-17)31-11-9-19(10-12-31)18-3-5-20(6-4-18)22-8-7-21(13-23(22)25)32-16-28-29-30-32/h3-8,13-16,19H,2,9-12H2,1H3. The van der Waals surface area contributed by atoms with E-state index >= 15 is 0 Å². The number of benzene rings is 2. The zero-order valence-electron chi connectivity index (χ0n) is 17.9. The first-order valence-electron chi connectivity index (χ1n) is 10.9. The summed E-state index contributed by atoms with van der Waals surface area (Å²) < 4.78 is 16.2. The molecule has 0 atom stereocenters. The molecule has 0 N–H and O–H groups in total. The van der Waals surface area contributed by atoms with Gasteiger partial charge in [0.25, 0.3) is 0 Å². The molecule has 1 fully saturated rings. The third-order valence-corrected chi connectivity index (χ3v) is 6.14. The molecule has 0 aliphatic carbocycles. The van der Waals surface area contributed by atoms with E-state index in [2.05, 4.69) is 49.4 Å². The van der Waals surface area contributed by atoms with Gasteiger partial charge in [0.1, 0.15) is 12.1 Å². The molecule has 0 amide bonds. The van der Waals surface area contributed by atoms with Crippen LogP contribution in [0.15, 0.2) is 61.2 Å². The van der Waals surface area contributed by atoms with Crippen molar-refractivity contribution in [1.29, 1.82) is 0 Å². The Morgan fingerprint density at radius 1 is 1.00 bits per heavy atom. The monoisotopic (exact) mass is 429 g/mol. The molecule has 1 saturated heterocycles. The second kappa shape index (κ2) is 8.82. The van der Waals surface area contributed by atoms with Crippen LogP contribution in [0.2, 0.25) is 0 Å². The zero-order valence-corrected chi connectivity index (χ0v) is 17.9. The van der Waals surface area contributed by atoms with Crippen molar-refractivity contribution >= 4 is 5.95 Å². The average Bonchev–Trinajstić information content (AvgIpc) is 3.40. The van der Waals surface area contributed by atoms with Gasteiger partial charge in [0.05, 0.1) is 5.69 Å². The van der Waals surface area contributed by atoms with E-state index in [-0.39, 0.29) is 5.82 Å². The van der Waals surface area contributed by atoms with Gasteiger partial charge in [0.15, 0.2) is 0 Å². The molecule has 2 aromatic carbocycles. The fourth-order valence-electron chi connectivity index (χ4n) is 4.20. The highest BCUT2D eigenvalue weighted by Gasteiger charge is 2.22. The maximum atomic E-state index is 14.7. The Morgan fingerprint density at radius 3 is 2.38 bits per heavy atom. The zero-order chi connectivity index (χ0) is 21.9. The topological polar surface area (TPSA) is 72.6 Å². The molecule has 4 aromatic rings. The van der Waals surface area contributed by atoms with Gasteiger partial charge in [-0.05, 0) is 64.4 Å². The number of aryl methyl sites for hydroxylation is 1. The number of tetrazole rings is 1. The average molecular weight is 430 g/mol. The van der Waals surface area contributed by atoms with Crippen LogP contribution in [0.1, 0.15) is 36.8 Å². The Hall–Kier alpha value is -3.68. The second-order valence-corrected chi connectivity index (χ2v) is 8.05. The molecule has 162 valence electrons. The second-order valence-electron chi connectivity index (χ2n) is 8.05. The van der Waals surface area contributed by atoms with E-state index < -0.39 is 0 Å². The molecule has 0 bridgehead atoms. The fraction of sp³-hybridized carbons (Fsp3) is 0.292.